The molecule has 2 aliphatic rings. The molecular weight excluding hydrogens is 403 g/mol. The van der Waals surface area contributed by atoms with Crippen LogP contribution < -0.4 is 10.2 Å². The van der Waals surface area contributed by atoms with Gasteiger partial charge in [-0.2, -0.15) is 0 Å². The monoisotopic (exact) mass is 430 g/mol. The first-order valence-electron chi connectivity index (χ1n) is 8.18. The van der Waals surface area contributed by atoms with E-state index >= 15 is 0 Å². The molecule has 0 atom stereocenters. The van der Waals surface area contributed by atoms with Crippen LogP contribution in [0.3, 0.4) is 0 Å². The minimum Gasteiger partial charge on any atom is -0.354 e. The number of aromatic nitrogens is 1. The van der Waals surface area contributed by atoms with Gasteiger partial charge in [0.05, 0.1) is 6.54 Å². The number of hydrogen-bond acceptors (Lipinski definition) is 6. The van der Waals surface area contributed by atoms with E-state index in [1.54, 1.807) is 0 Å². The zero-order chi connectivity index (χ0) is 15.4. The lowest BCUT2D eigenvalue weighted by atomic mass is 10.2. The Kier molecular flexibility index (Phi) is 6.88. The van der Waals surface area contributed by atoms with Crippen molar-refractivity contribution in [3.63, 3.8) is 0 Å². The van der Waals surface area contributed by atoms with E-state index in [-0.39, 0.29) is 24.0 Å². The highest BCUT2D eigenvalue weighted by molar-refractivity contribution is 14.0. The summed E-state index contributed by atoms with van der Waals surface area (Å²) in [5.41, 5.74) is 1.19. The third-order valence-electron chi connectivity index (χ3n) is 4.46. The Balaban J connectivity index is 0.00000192. The fourth-order valence-corrected chi connectivity index (χ4v) is 2.91. The van der Waals surface area contributed by atoms with Crippen LogP contribution in [-0.4, -0.2) is 73.6 Å². The van der Waals surface area contributed by atoms with E-state index in [4.69, 9.17) is 0 Å². The normalized spacial score (nSPS) is 18.6. The second-order valence-corrected chi connectivity index (χ2v) is 5.93. The number of pyridine rings is 1. The molecule has 3 rings (SSSR count). The zero-order valence-electron chi connectivity index (χ0n) is 14.0. The molecule has 2 aliphatic heterocycles. The predicted octanol–water partition coefficient (Wildman–Crippen LogP) is 1.23. The van der Waals surface area contributed by atoms with Gasteiger partial charge in [0.15, 0.2) is 5.96 Å². The zero-order valence-corrected chi connectivity index (χ0v) is 16.4. The van der Waals surface area contributed by atoms with Gasteiger partial charge in [-0.15, -0.1) is 24.0 Å². The number of aliphatic imine (C=N–C) groups is 1. The van der Waals surface area contributed by atoms with Crippen molar-refractivity contribution in [1.29, 1.82) is 0 Å². The van der Waals surface area contributed by atoms with Crippen LogP contribution in [0, 0.1) is 0 Å². The summed E-state index contributed by atoms with van der Waals surface area (Å²) in [6, 6.07) is 4.30. The van der Waals surface area contributed by atoms with Crippen molar-refractivity contribution in [2.75, 3.05) is 57.8 Å². The van der Waals surface area contributed by atoms with Gasteiger partial charge >= 0.3 is 0 Å². The lowest BCUT2D eigenvalue weighted by molar-refractivity contribution is 0.270. The summed E-state index contributed by atoms with van der Waals surface area (Å²) in [4.78, 5) is 16.1. The Morgan fingerprint density at radius 2 is 1.91 bits per heavy atom. The van der Waals surface area contributed by atoms with Gasteiger partial charge < -0.3 is 20.0 Å². The maximum Gasteiger partial charge on any atom is 0.194 e. The van der Waals surface area contributed by atoms with Gasteiger partial charge in [0.2, 0.25) is 0 Å². The average Bonchev–Trinajstić information content (AvgIpc) is 2.99. The van der Waals surface area contributed by atoms with Gasteiger partial charge in [0, 0.05) is 52.5 Å². The van der Waals surface area contributed by atoms with E-state index < -0.39 is 0 Å². The Bertz CT molecular complexity index is 510. The van der Waals surface area contributed by atoms with E-state index in [0.29, 0.717) is 0 Å². The summed E-state index contributed by atoms with van der Waals surface area (Å²) in [6.45, 7) is 10.4. The number of nitrogens with zero attached hydrogens (tertiary/aromatic N) is 5. The number of halogens is 1. The summed E-state index contributed by atoms with van der Waals surface area (Å²) in [7, 11) is 2.07. The Hall–Kier alpha value is -1.09. The van der Waals surface area contributed by atoms with Crippen LogP contribution >= 0.6 is 24.0 Å². The molecule has 0 spiro atoms. The molecule has 1 aromatic heterocycles. The van der Waals surface area contributed by atoms with Crippen molar-refractivity contribution in [2.45, 2.75) is 13.5 Å². The number of likely N-dealkylation sites (N-methyl/N-ethyl adjacent to an activating group) is 2. The lowest BCUT2D eigenvalue weighted by Crippen LogP contribution is -2.46. The van der Waals surface area contributed by atoms with Crippen LogP contribution in [0.25, 0.3) is 0 Å². The van der Waals surface area contributed by atoms with E-state index in [2.05, 4.69) is 56.1 Å². The molecule has 128 valence electrons. The van der Waals surface area contributed by atoms with Gasteiger partial charge in [-0.3, -0.25) is 4.99 Å². The molecule has 0 bridgehead atoms. The van der Waals surface area contributed by atoms with Gasteiger partial charge in [0.1, 0.15) is 5.82 Å². The van der Waals surface area contributed by atoms with Crippen LogP contribution in [0.15, 0.2) is 23.3 Å². The average molecular weight is 430 g/mol. The van der Waals surface area contributed by atoms with Crippen molar-refractivity contribution in [1.82, 2.24) is 20.1 Å². The van der Waals surface area contributed by atoms with Crippen LogP contribution in [-0.2, 0) is 6.54 Å². The summed E-state index contributed by atoms with van der Waals surface area (Å²) < 4.78 is 0. The maximum atomic E-state index is 4.63. The second kappa shape index (κ2) is 8.68. The van der Waals surface area contributed by atoms with Crippen LogP contribution in [0.2, 0.25) is 0 Å². The first-order valence-corrected chi connectivity index (χ1v) is 8.18. The molecule has 0 aromatic carbocycles. The lowest BCUT2D eigenvalue weighted by Gasteiger charge is -2.34. The smallest absolute Gasteiger partial charge is 0.194 e. The first kappa shape index (κ1) is 18.3. The highest BCUT2D eigenvalue weighted by Gasteiger charge is 2.16. The maximum absolute atomic E-state index is 4.63. The van der Waals surface area contributed by atoms with E-state index in [9.17, 15) is 0 Å². The standard InChI is InChI=1S/C16H26N6.HI/c1-3-21-8-10-22(11-9-21)15-5-4-14(12-18-15)13-19-16-17-6-7-20(16)2;/h4-5,12H,3,6-11,13H2,1-2H3,(H,17,19);1H. The molecule has 23 heavy (non-hydrogen) atoms. The summed E-state index contributed by atoms with van der Waals surface area (Å²) in [5, 5.41) is 3.38. The van der Waals surface area contributed by atoms with E-state index in [0.717, 1.165) is 64.1 Å². The molecule has 0 radical (unpaired) electrons. The molecule has 1 saturated heterocycles. The topological polar surface area (TPSA) is 47.0 Å². The van der Waals surface area contributed by atoms with Crippen LogP contribution in [0.5, 0.6) is 0 Å². The Labute approximate surface area is 156 Å². The van der Waals surface area contributed by atoms with Gasteiger partial charge in [-0.25, -0.2) is 4.98 Å². The number of piperazine rings is 1. The number of rotatable bonds is 4. The third kappa shape index (κ3) is 4.69. The van der Waals surface area contributed by atoms with E-state index in [1.165, 1.54) is 5.56 Å². The molecule has 3 heterocycles. The first-order chi connectivity index (χ1) is 10.8. The molecule has 0 unspecified atom stereocenters. The third-order valence-corrected chi connectivity index (χ3v) is 4.46. The number of guanidine groups is 1. The molecule has 0 amide bonds. The van der Waals surface area contributed by atoms with Crippen molar-refractivity contribution >= 4 is 35.8 Å². The summed E-state index contributed by atoms with van der Waals surface area (Å²) in [6.07, 6.45) is 1.98. The van der Waals surface area contributed by atoms with Crippen LogP contribution in [0.4, 0.5) is 5.82 Å². The van der Waals surface area contributed by atoms with E-state index in [1.807, 2.05) is 6.20 Å². The van der Waals surface area contributed by atoms with Crippen LogP contribution in [0.1, 0.15) is 12.5 Å². The minimum absolute atomic E-state index is 0. The van der Waals surface area contributed by atoms with Crippen molar-refractivity contribution < 1.29 is 0 Å². The number of anilines is 1. The molecular formula is C16H27IN6. The van der Waals surface area contributed by atoms with Crippen molar-refractivity contribution in [3.05, 3.63) is 23.9 Å². The molecule has 0 saturated carbocycles. The van der Waals surface area contributed by atoms with Crippen molar-refractivity contribution in [3.8, 4) is 0 Å². The van der Waals surface area contributed by atoms with Crippen molar-refractivity contribution in [2.24, 2.45) is 4.99 Å². The molecule has 7 heteroatoms. The van der Waals surface area contributed by atoms with Gasteiger partial charge in [0.25, 0.3) is 0 Å². The highest BCUT2D eigenvalue weighted by atomic mass is 127. The molecule has 0 aliphatic carbocycles. The fourth-order valence-electron chi connectivity index (χ4n) is 2.91. The van der Waals surface area contributed by atoms with Gasteiger partial charge in [-0.1, -0.05) is 13.0 Å². The predicted molar refractivity (Wildman–Crippen MR) is 106 cm³/mol. The van der Waals surface area contributed by atoms with Gasteiger partial charge in [-0.05, 0) is 18.2 Å². The highest BCUT2D eigenvalue weighted by Crippen LogP contribution is 2.14. The largest absolute Gasteiger partial charge is 0.354 e. The molecule has 6 nitrogen and oxygen atoms in total. The quantitative estimate of drug-likeness (QED) is 0.729. The number of nitrogens with one attached hydrogen (secondary N) is 1. The number of hydrogen-bond donors (Lipinski definition) is 1. The Morgan fingerprint density at radius 3 is 2.48 bits per heavy atom. The molecule has 1 N–H and O–H groups in total. The fraction of sp³-hybridized carbons (Fsp3) is 0.625. The summed E-state index contributed by atoms with van der Waals surface area (Å²) in [5.74, 6) is 2.08. The Morgan fingerprint density at radius 1 is 1.13 bits per heavy atom. The minimum atomic E-state index is 0. The second-order valence-electron chi connectivity index (χ2n) is 5.93. The molecule has 1 aromatic rings. The summed E-state index contributed by atoms with van der Waals surface area (Å²) >= 11 is 0. The molecule has 1 fully saturated rings. The SMILES string of the molecule is CCN1CCN(c2ccc(CNC3=NCCN3C)cn2)CC1.I.